The standard InChI is InChI=1S/C19H15ClF3N3O2.C18H13ClF3N3O2/c1-3-28-19(27)15-9(2)25-18(17-14(23)7-11(22)8-24-17)26-16(15)12-5-4-10(21)6-13(12)20;1-8-14(18(26)27-2)15(11-4-3-9(20)5-12(11)19)25-17(24-8)16-13(22)6-10(21)7-23-16/h4-8,16H,3H2,1-2H3,(H,25,26);3-7,15H,1-2H3,(H,24,25)/t16-;15-/m00/s1. The van der Waals surface area contributed by atoms with E-state index in [4.69, 9.17) is 32.7 Å². The SMILES string of the molecule is CCOC(=O)C1=C(C)NC(c2ncc(F)cc2F)=N[C@H]1c1ccc(F)cc1Cl.COC(=O)C1=C(C)NC(c2ncc(F)cc2F)=N[C@H]1c1ccc(F)cc1Cl. The molecule has 2 aliphatic heterocycles. The molecular weight excluding hydrogens is 777 g/mol. The molecule has 0 saturated heterocycles. The van der Waals surface area contributed by atoms with E-state index >= 15 is 0 Å². The van der Waals surface area contributed by atoms with E-state index in [0.717, 1.165) is 24.5 Å². The fourth-order valence-corrected chi connectivity index (χ4v) is 6.06. The number of nitrogens with one attached hydrogen (secondary N) is 2. The second-order valence-corrected chi connectivity index (χ2v) is 12.4. The van der Waals surface area contributed by atoms with Crippen LogP contribution in [0.3, 0.4) is 0 Å². The zero-order chi connectivity index (χ0) is 40.1. The number of carbonyl (C=O) groups excluding carboxylic acids is 2. The van der Waals surface area contributed by atoms with Crippen LogP contribution in [0.1, 0.15) is 55.4 Å². The molecule has 0 radical (unpaired) electrons. The van der Waals surface area contributed by atoms with Gasteiger partial charge in [0.25, 0.3) is 0 Å². The average Bonchev–Trinajstić information content (AvgIpc) is 3.11. The van der Waals surface area contributed by atoms with E-state index in [0.29, 0.717) is 34.7 Å². The van der Waals surface area contributed by atoms with Crippen molar-refractivity contribution < 1.29 is 45.4 Å². The number of amidine groups is 2. The minimum Gasteiger partial charge on any atom is -0.466 e. The Hall–Kier alpha value is -5.74. The van der Waals surface area contributed by atoms with Crippen molar-refractivity contribution in [3.63, 3.8) is 0 Å². The lowest BCUT2D eigenvalue weighted by atomic mass is 9.95. The Kier molecular flexibility index (Phi) is 12.6. The van der Waals surface area contributed by atoms with Gasteiger partial charge in [-0.2, -0.15) is 0 Å². The number of halogens is 8. The highest BCUT2D eigenvalue weighted by Gasteiger charge is 2.34. The lowest BCUT2D eigenvalue weighted by molar-refractivity contribution is -0.139. The van der Waals surface area contributed by atoms with Gasteiger partial charge < -0.3 is 20.1 Å². The molecule has 286 valence electrons. The van der Waals surface area contributed by atoms with Gasteiger partial charge in [-0.1, -0.05) is 35.3 Å². The summed E-state index contributed by atoms with van der Waals surface area (Å²) in [6.07, 6.45) is 1.69. The average molecular weight is 806 g/mol. The quantitative estimate of drug-likeness (QED) is 0.143. The van der Waals surface area contributed by atoms with Crippen LogP contribution in [0.5, 0.6) is 0 Å². The number of ether oxygens (including phenoxy) is 2. The van der Waals surface area contributed by atoms with Gasteiger partial charge in [0.15, 0.2) is 23.3 Å². The Morgan fingerprint density at radius 3 is 1.45 bits per heavy atom. The molecule has 10 nitrogen and oxygen atoms in total. The molecule has 18 heteroatoms. The summed E-state index contributed by atoms with van der Waals surface area (Å²) in [4.78, 5) is 40.8. The Bertz CT molecular complexity index is 2320. The van der Waals surface area contributed by atoms with Gasteiger partial charge in [0.1, 0.15) is 46.7 Å². The zero-order valence-electron chi connectivity index (χ0n) is 29.1. The van der Waals surface area contributed by atoms with Crippen molar-refractivity contribution in [3.05, 3.63) is 151 Å². The summed E-state index contributed by atoms with van der Waals surface area (Å²) in [6.45, 7) is 4.92. The number of methoxy groups -OCH3 is 1. The molecule has 2 aliphatic rings. The molecule has 2 atom stereocenters. The first-order valence-corrected chi connectivity index (χ1v) is 16.8. The van der Waals surface area contributed by atoms with Crippen LogP contribution in [-0.2, 0) is 19.1 Å². The number of hydrogen-bond donors (Lipinski definition) is 2. The van der Waals surface area contributed by atoms with Crippen LogP contribution in [0.25, 0.3) is 0 Å². The lowest BCUT2D eigenvalue weighted by Crippen LogP contribution is -2.34. The second-order valence-electron chi connectivity index (χ2n) is 11.6. The van der Waals surface area contributed by atoms with Crippen LogP contribution in [-0.4, -0.2) is 47.3 Å². The molecule has 0 bridgehead atoms. The van der Waals surface area contributed by atoms with Crippen molar-refractivity contribution in [2.75, 3.05) is 13.7 Å². The number of rotatable bonds is 7. The summed E-state index contributed by atoms with van der Waals surface area (Å²) in [5.41, 5.74) is 1.10. The van der Waals surface area contributed by atoms with Crippen LogP contribution in [0, 0.1) is 34.9 Å². The number of aliphatic imine (C=N–C) groups is 2. The van der Waals surface area contributed by atoms with Crippen molar-refractivity contribution in [2.24, 2.45) is 9.98 Å². The number of allylic oxidation sites excluding steroid dienone is 2. The van der Waals surface area contributed by atoms with Gasteiger partial charge in [-0.3, -0.25) is 9.98 Å². The molecule has 6 rings (SSSR count). The van der Waals surface area contributed by atoms with Gasteiger partial charge in [0.2, 0.25) is 0 Å². The Labute approximate surface area is 319 Å². The van der Waals surface area contributed by atoms with Crippen molar-refractivity contribution in [1.82, 2.24) is 20.6 Å². The maximum atomic E-state index is 14.2. The van der Waals surface area contributed by atoms with Crippen molar-refractivity contribution in [3.8, 4) is 0 Å². The second kappa shape index (κ2) is 17.2. The van der Waals surface area contributed by atoms with E-state index in [1.807, 2.05) is 0 Å². The molecule has 0 saturated carbocycles. The first-order valence-electron chi connectivity index (χ1n) is 16.0. The maximum absolute atomic E-state index is 14.2. The molecule has 4 aromatic rings. The first-order chi connectivity index (χ1) is 26.1. The number of esters is 2. The van der Waals surface area contributed by atoms with E-state index in [1.54, 1.807) is 20.8 Å². The lowest BCUT2D eigenvalue weighted by Gasteiger charge is -2.26. The van der Waals surface area contributed by atoms with Gasteiger partial charge in [0.05, 0.1) is 37.3 Å². The molecule has 55 heavy (non-hydrogen) atoms. The number of carbonyl (C=O) groups is 2. The number of benzene rings is 2. The predicted octanol–water partition coefficient (Wildman–Crippen LogP) is 7.77. The van der Waals surface area contributed by atoms with Gasteiger partial charge in [-0.15, -0.1) is 0 Å². The molecule has 0 amide bonds. The molecule has 2 aromatic heterocycles. The highest BCUT2D eigenvalue weighted by atomic mass is 35.5. The smallest absolute Gasteiger partial charge is 0.338 e. The van der Waals surface area contributed by atoms with E-state index in [9.17, 15) is 35.9 Å². The molecule has 0 fully saturated rings. The summed E-state index contributed by atoms with van der Waals surface area (Å²) in [5, 5.41) is 5.65. The van der Waals surface area contributed by atoms with Crippen LogP contribution >= 0.6 is 23.2 Å². The Morgan fingerprint density at radius 1 is 0.673 bits per heavy atom. The number of hydrogen-bond acceptors (Lipinski definition) is 10. The summed E-state index contributed by atoms with van der Waals surface area (Å²) in [7, 11) is 1.20. The third-order valence-electron chi connectivity index (χ3n) is 7.96. The third kappa shape index (κ3) is 8.98. The molecule has 4 heterocycles. The third-order valence-corrected chi connectivity index (χ3v) is 8.62. The van der Waals surface area contributed by atoms with Crippen LogP contribution < -0.4 is 10.6 Å². The summed E-state index contributed by atoms with van der Waals surface area (Å²) in [6, 6.07) is 6.62. The highest BCUT2D eigenvalue weighted by molar-refractivity contribution is 6.32. The monoisotopic (exact) mass is 804 g/mol. The van der Waals surface area contributed by atoms with E-state index < -0.39 is 58.9 Å². The van der Waals surface area contributed by atoms with Gasteiger partial charge in [-0.25, -0.2) is 45.9 Å². The summed E-state index contributed by atoms with van der Waals surface area (Å²) in [5.74, 6) is -6.03. The fraction of sp³-hybridized carbons (Fsp3) is 0.189. The van der Waals surface area contributed by atoms with Gasteiger partial charge in [0, 0.05) is 44.7 Å². The summed E-state index contributed by atoms with van der Waals surface area (Å²) < 4.78 is 91.4. The normalized spacial score (nSPS) is 16.6. The van der Waals surface area contributed by atoms with Crippen LogP contribution in [0.4, 0.5) is 26.3 Å². The minimum atomic E-state index is -0.993. The molecule has 0 aliphatic carbocycles. The molecule has 0 spiro atoms. The van der Waals surface area contributed by atoms with Crippen LogP contribution in [0.15, 0.2) is 93.4 Å². The van der Waals surface area contributed by atoms with Crippen LogP contribution in [0.2, 0.25) is 10.0 Å². The highest BCUT2D eigenvalue weighted by Crippen LogP contribution is 2.38. The van der Waals surface area contributed by atoms with Gasteiger partial charge in [-0.05, 0) is 45.0 Å². The molecule has 2 aromatic carbocycles. The van der Waals surface area contributed by atoms with Crippen molar-refractivity contribution in [2.45, 2.75) is 32.9 Å². The maximum Gasteiger partial charge on any atom is 0.338 e. The molecular formula is C37H28Cl2F6N6O4. The predicted molar refractivity (Wildman–Crippen MR) is 190 cm³/mol. The summed E-state index contributed by atoms with van der Waals surface area (Å²) >= 11 is 12.3. The fourth-order valence-electron chi connectivity index (χ4n) is 5.52. The van der Waals surface area contributed by atoms with Crippen molar-refractivity contribution >= 4 is 46.8 Å². The first kappa shape index (κ1) is 40.4. The van der Waals surface area contributed by atoms with Crippen molar-refractivity contribution in [1.29, 1.82) is 0 Å². The Balaban J connectivity index is 0.000000211. The zero-order valence-corrected chi connectivity index (χ0v) is 30.6. The largest absolute Gasteiger partial charge is 0.466 e. The number of pyridine rings is 2. The van der Waals surface area contributed by atoms with Gasteiger partial charge >= 0.3 is 11.9 Å². The van der Waals surface area contributed by atoms with E-state index in [-0.39, 0.29) is 50.9 Å². The number of aromatic nitrogens is 2. The Morgan fingerprint density at radius 2 is 1.09 bits per heavy atom. The number of nitrogens with zero attached hydrogens (tertiary/aromatic N) is 4. The van der Waals surface area contributed by atoms with E-state index in [2.05, 4.69) is 30.6 Å². The topological polar surface area (TPSA) is 127 Å². The van der Waals surface area contributed by atoms with E-state index in [1.165, 1.54) is 31.4 Å². The molecule has 2 N–H and O–H groups in total. The molecule has 0 unspecified atom stereocenters. The minimum absolute atomic E-state index is 0.0200.